The number of hydrogen-bond donors (Lipinski definition) is 2. The summed E-state index contributed by atoms with van der Waals surface area (Å²) in [6.45, 7) is 4.34. The van der Waals surface area contributed by atoms with Gasteiger partial charge in [0.25, 0.3) is 0 Å². The topological polar surface area (TPSA) is 69.6 Å². The molecule has 1 aliphatic heterocycles. The molecule has 1 saturated heterocycles. The Labute approximate surface area is 112 Å². The van der Waals surface area contributed by atoms with Crippen LogP contribution in [0, 0.1) is 13.8 Å². The van der Waals surface area contributed by atoms with Crippen LogP contribution in [0.1, 0.15) is 24.0 Å². The zero-order valence-corrected chi connectivity index (χ0v) is 11.2. The van der Waals surface area contributed by atoms with Gasteiger partial charge in [0.15, 0.2) is 0 Å². The first kappa shape index (κ1) is 13.4. The Morgan fingerprint density at radius 3 is 2.74 bits per heavy atom. The molecule has 0 aliphatic carbocycles. The molecule has 0 radical (unpaired) electrons. The number of benzene rings is 1. The molecule has 5 heteroatoms. The van der Waals surface area contributed by atoms with Crippen molar-refractivity contribution in [2.24, 2.45) is 0 Å². The van der Waals surface area contributed by atoms with Gasteiger partial charge >= 0.3 is 0 Å². The molecule has 1 aromatic carbocycles. The van der Waals surface area contributed by atoms with Crippen LogP contribution in [0.4, 0.5) is 5.69 Å². The molecule has 2 N–H and O–H groups in total. The molecule has 0 saturated carbocycles. The van der Waals surface area contributed by atoms with Gasteiger partial charge in [-0.25, -0.2) is 0 Å². The summed E-state index contributed by atoms with van der Waals surface area (Å²) < 4.78 is 0. The number of aryl methyl sites for hydroxylation is 2. The average molecular weight is 262 g/mol. The normalized spacial score (nSPS) is 14.8. The van der Waals surface area contributed by atoms with Crippen molar-refractivity contribution in [3.05, 3.63) is 23.3 Å². The molecule has 1 fully saturated rings. The fourth-order valence-electron chi connectivity index (χ4n) is 2.17. The molecular formula is C14H18N2O3. The van der Waals surface area contributed by atoms with E-state index in [1.165, 1.54) is 0 Å². The third kappa shape index (κ3) is 3.05. The van der Waals surface area contributed by atoms with Crippen LogP contribution in [-0.4, -0.2) is 34.9 Å². The maximum Gasteiger partial charge on any atom is 0.244 e. The van der Waals surface area contributed by atoms with Gasteiger partial charge in [-0.05, 0) is 43.5 Å². The fraction of sp³-hybridized carbons (Fsp3) is 0.429. The Morgan fingerprint density at radius 1 is 1.37 bits per heavy atom. The minimum atomic E-state index is -0.205. The molecule has 1 aliphatic rings. The van der Waals surface area contributed by atoms with Crippen molar-refractivity contribution >= 4 is 17.5 Å². The largest absolute Gasteiger partial charge is 0.508 e. The highest BCUT2D eigenvalue weighted by molar-refractivity contribution is 5.95. The monoisotopic (exact) mass is 262 g/mol. The van der Waals surface area contributed by atoms with Gasteiger partial charge in [0.1, 0.15) is 5.75 Å². The average Bonchev–Trinajstić information content (AvgIpc) is 2.72. The molecule has 0 spiro atoms. The third-order valence-electron chi connectivity index (χ3n) is 3.32. The van der Waals surface area contributed by atoms with E-state index >= 15 is 0 Å². The maximum absolute atomic E-state index is 11.9. The molecule has 5 nitrogen and oxygen atoms in total. The second kappa shape index (κ2) is 5.30. The predicted molar refractivity (Wildman–Crippen MR) is 72.0 cm³/mol. The lowest BCUT2D eigenvalue weighted by molar-refractivity contribution is -0.131. The molecule has 2 rings (SSSR count). The summed E-state index contributed by atoms with van der Waals surface area (Å²) in [5.74, 6) is 0.0439. The number of anilines is 1. The van der Waals surface area contributed by atoms with Gasteiger partial charge in [-0.15, -0.1) is 0 Å². The van der Waals surface area contributed by atoms with E-state index in [9.17, 15) is 14.7 Å². The van der Waals surface area contributed by atoms with E-state index in [1.54, 1.807) is 24.0 Å². The van der Waals surface area contributed by atoms with Crippen LogP contribution in [0.5, 0.6) is 5.75 Å². The number of hydrogen-bond acceptors (Lipinski definition) is 3. The predicted octanol–water partition coefficient (Wildman–Crippen LogP) is 1.57. The molecule has 1 heterocycles. The quantitative estimate of drug-likeness (QED) is 0.812. The number of carbonyl (C=O) groups is 2. The van der Waals surface area contributed by atoms with Gasteiger partial charge in [-0.2, -0.15) is 0 Å². The van der Waals surface area contributed by atoms with Crippen LogP contribution in [0.2, 0.25) is 0 Å². The molecular weight excluding hydrogens is 244 g/mol. The molecule has 0 unspecified atom stereocenters. The van der Waals surface area contributed by atoms with Gasteiger partial charge in [-0.1, -0.05) is 0 Å². The number of phenolic OH excluding ortho intramolecular Hbond substituents is 1. The Balaban J connectivity index is 2.02. The van der Waals surface area contributed by atoms with Crippen molar-refractivity contribution in [2.45, 2.75) is 26.7 Å². The first-order chi connectivity index (χ1) is 8.97. The lowest BCUT2D eigenvalue weighted by atomic mass is 10.1. The maximum atomic E-state index is 11.9. The van der Waals surface area contributed by atoms with Crippen LogP contribution >= 0.6 is 0 Å². The van der Waals surface area contributed by atoms with E-state index in [1.807, 2.05) is 6.92 Å². The van der Waals surface area contributed by atoms with Crippen LogP contribution in [0.25, 0.3) is 0 Å². The van der Waals surface area contributed by atoms with Crippen molar-refractivity contribution in [1.82, 2.24) is 4.90 Å². The van der Waals surface area contributed by atoms with Crippen molar-refractivity contribution in [3.8, 4) is 5.75 Å². The first-order valence-corrected chi connectivity index (χ1v) is 6.35. The number of carbonyl (C=O) groups excluding carboxylic acids is 2. The lowest BCUT2D eigenvalue weighted by Gasteiger charge is -2.16. The van der Waals surface area contributed by atoms with Crippen molar-refractivity contribution in [3.63, 3.8) is 0 Å². The molecule has 102 valence electrons. The summed E-state index contributed by atoms with van der Waals surface area (Å²) in [6.07, 6.45) is 1.36. The number of nitrogens with zero attached hydrogens (tertiary/aromatic N) is 1. The smallest absolute Gasteiger partial charge is 0.244 e. The summed E-state index contributed by atoms with van der Waals surface area (Å²) in [7, 11) is 0. The Hall–Kier alpha value is -2.04. The Morgan fingerprint density at radius 2 is 2.11 bits per heavy atom. The molecule has 0 bridgehead atoms. The lowest BCUT2D eigenvalue weighted by Crippen LogP contribution is -2.34. The fourth-order valence-corrected chi connectivity index (χ4v) is 2.17. The minimum absolute atomic E-state index is 0.0359. The minimum Gasteiger partial charge on any atom is -0.508 e. The number of amides is 2. The van der Waals surface area contributed by atoms with E-state index in [2.05, 4.69) is 5.32 Å². The van der Waals surface area contributed by atoms with Crippen LogP contribution in [-0.2, 0) is 9.59 Å². The number of nitrogens with one attached hydrogen (secondary N) is 1. The van der Waals surface area contributed by atoms with Crippen LogP contribution in [0.3, 0.4) is 0 Å². The van der Waals surface area contributed by atoms with Gasteiger partial charge in [-0.3, -0.25) is 9.59 Å². The summed E-state index contributed by atoms with van der Waals surface area (Å²) in [5.41, 5.74) is 2.18. The first-order valence-electron chi connectivity index (χ1n) is 6.35. The zero-order valence-electron chi connectivity index (χ0n) is 11.2. The second-order valence-corrected chi connectivity index (χ2v) is 4.92. The van der Waals surface area contributed by atoms with Gasteiger partial charge < -0.3 is 15.3 Å². The van der Waals surface area contributed by atoms with Crippen molar-refractivity contribution in [1.29, 1.82) is 0 Å². The Kier molecular flexibility index (Phi) is 3.74. The van der Waals surface area contributed by atoms with Gasteiger partial charge in [0, 0.05) is 18.7 Å². The number of rotatable bonds is 3. The highest BCUT2D eigenvalue weighted by atomic mass is 16.3. The van der Waals surface area contributed by atoms with Crippen molar-refractivity contribution < 1.29 is 14.7 Å². The second-order valence-electron chi connectivity index (χ2n) is 4.92. The van der Waals surface area contributed by atoms with E-state index in [0.717, 1.165) is 12.0 Å². The molecule has 2 amide bonds. The van der Waals surface area contributed by atoms with E-state index < -0.39 is 0 Å². The highest BCUT2D eigenvalue weighted by Gasteiger charge is 2.22. The highest BCUT2D eigenvalue weighted by Crippen LogP contribution is 2.25. The van der Waals surface area contributed by atoms with Gasteiger partial charge in [0.2, 0.25) is 11.8 Å². The van der Waals surface area contributed by atoms with E-state index in [0.29, 0.717) is 24.2 Å². The number of phenols is 1. The van der Waals surface area contributed by atoms with E-state index in [4.69, 9.17) is 0 Å². The molecule has 1 aromatic rings. The summed E-state index contributed by atoms with van der Waals surface area (Å²) in [4.78, 5) is 24.9. The standard InChI is InChI=1S/C14H18N2O3/c1-9-7-12(17)10(2)6-11(9)15-13(18)8-16-5-3-4-14(16)19/h6-7,17H,3-5,8H2,1-2H3,(H,15,18). The van der Waals surface area contributed by atoms with Gasteiger partial charge in [0.05, 0.1) is 6.54 Å². The summed E-state index contributed by atoms with van der Waals surface area (Å²) >= 11 is 0. The third-order valence-corrected chi connectivity index (χ3v) is 3.32. The summed E-state index contributed by atoms with van der Waals surface area (Å²) in [6, 6.07) is 3.35. The molecule has 0 aromatic heterocycles. The Bertz CT molecular complexity index is 526. The SMILES string of the molecule is Cc1cc(NC(=O)CN2CCCC2=O)c(C)cc1O. The zero-order chi connectivity index (χ0) is 14.0. The molecule has 19 heavy (non-hydrogen) atoms. The van der Waals surface area contributed by atoms with Crippen LogP contribution in [0.15, 0.2) is 12.1 Å². The molecule has 0 atom stereocenters. The number of likely N-dealkylation sites (tertiary alicyclic amines) is 1. The van der Waals surface area contributed by atoms with E-state index in [-0.39, 0.29) is 24.1 Å². The number of aromatic hydroxyl groups is 1. The summed E-state index contributed by atoms with van der Waals surface area (Å²) in [5, 5.41) is 12.3. The van der Waals surface area contributed by atoms with Crippen LogP contribution < -0.4 is 5.32 Å². The van der Waals surface area contributed by atoms with Crippen molar-refractivity contribution in [2.75, 3.05) is 18.4 Å².